The van der Waals surface area contributed by atoms with Crippen LogP contribution in [0.3, 0.4) is 0 Å². The molecule has 0 aliphatic carbocycles. The van der Waals surface area contributed by atoms with Crippen molar-refractivity contribution >= 4 is 63.7 Å². The predicted molar refractivity (Wildman–Crippen MR) is 120 cm³/mol. The van der Waals surface area contributed by atoms with Crippen LogP contribution in [0.2, 0.25) is 5.02 Å². The van der Waals surface area contributed by atoms with Gasteiger partial charge in [0.2, 0.25) is 5.91 Å². The molecule has 3 amide bonds. The lowest BCUT2D eigenvalue weighted by molar-refractivity contribution is -0.124. The molecule has 0 aromatic heterocycles. The van der Waals surface area contributed by atoms with E-state index in [0.717, 1.165) is 11.8 Å². The second-order valence-corrected chi connectivity index (χ2v) is 8.21. The zero-order valence-corrected chi connectivity index (χ0v) is 17.8. The van der Waals surface area contributed by atoms with E-state index in [0.29, 0.717) is 19.8 Å². The first-order chi connectivity index (χ1) is 14.4. The Bertz CT molecular complexity index is 1060. The van der Waals surface area contributed by atoms with Crippen molar-refractivity contribution in [3.05, 3.63) is 69.6 Å². The number of phenols is 1. The highest BCUT2D eigenvalue weighted by Crippen LogP contribution is 2.33. The summed E-state index contributed by atoms with van der Waals surface area (Å²) in [6, 6.07) is 13.1. The smallest absolute Gasteiger partial charge is 0.273 e. The van der Waals surface area contributed by atoms with Crippen molar-refractivity contribution in [1.82, 2.24) is 15.8 Å². The van der Waals surface area contributed by atoms with Crippen LogP contribution < -0.4 is 10.9 Å². The van der Waals surface area contributed by atoms with Crippen molar-refractivity contribution in [1.29, 1.82) is 0 Å². The molecule has 3 N–H and O–H groups in total. The number of benzene rings is 2. The number of thioether (sulfide) groups is 1. The van der Waals surface area contributed by atoms with Crippen molar-refractivity contribution < 1.29 is 19.5 Å². The van der Waals surface area contributed by atoms with E-state index in [1.165, 1.54) is 17.0 Å². The van der Waals surface area contributed by atoms with Gasteiger partial charge in [-0.15, -0.1) is 0 Å². The minimum absolute atomic E-state index is 0.0273. The molecule has 1 aliphatic heterocycles. The maximum atomic E-state index is 12.6. The normalized spacial score (nSPS) is 14.8. The quantitative estimate of drug-likeness (QED) is 0.359. The molecule has 1 fully saturated rings. The number of amides is 3. The number of phenolic OH excluding ortho intramolecular Hbond substituents is 1. The molecular formula is C20H16ClN3O4S2. The van der Waals surface area contributed by atoms with Gasteiger partial charge in [-0.05, 0) is 29.8 Å². The number of rotatable bonds is 5. The summed E-state index contributed by atoms with van der Waals surface area (Å²) >= 11 is 12.5. The van der Waals surface area contributed by atoms with Gasteiger partial charge in [0.1, 0.15) is 10.1 Å². The molecule has 0 radical (unpaired) electrons. The van der Waals surface area contributed by atoms with Gasteiger partial charge in [0.25, 0.3) is 11.8 Å². The average Bonchev–Trinajstić information content (AvgIpc) is 2.99. The number of aromatic hydroxyl groups is 1. The molecule has 154 valence electrons. The Morgan fingerprint density at radius 2 is 1.83 bits per heavy atom. The summed E-state index contributed by atoms with van der Waals surface area (Å²) in [7, 11) is 0. The van der Waals surface area contributed by atoms with Crippen molar-refractivity contribution in [3.8, 4) is 5.75 Å². The van der Waals surface area contributed by atoms with Crippen LogP contribution in [0.25, 0.3) is 6.08 Å². The molecule has 0 bridgehead atoms. The third kappa shape index (κ3) is 5.18. The Labute approximate surface area is 187 Å². The van der Waals surface area contributed by atoms with Gasteiger partial charge in [-0.25, -0.2) is 0 Å². The highest BCUT2D eigenvalue weighted by atomic mass is 35.5. The lowest BCUT2D eigenvalue weighted by Crippen LogP contribution is -2.43. The largest absolute Gasteiger partial charge is 0.507 e. The zero-order valence-electron chi connectivity index (χ0n) is 15.4. The maximum Gasteiger partial charge on any atom is 0.273 e. The van der Waals surface area contributed by atoms with Crippen molar-refractivity contribution in [2.45, 2.75) is 6.42 Å². The minimum Gasteiger partial charge on any atom is -0.507 e. The highest BCUT2D eigenvalue weighted by molar-refractivity contribution is 8.26. The summed E-state index contributed by atoms with van der Waals surface area (Å²) in [5.41, 5.74) is 5.20. The van der Waals surface area contributed by atoms with Gasteiger partial charge in [-0.2, -0.15) is 0 Å². The van der Waals surface area contributed by atoms with Crippen molar-refractivity contribution in [2.24, 2.45) is 0 Å². The number of carbonyl (C=O) groups is 3. The van der Waals surface area contributed by atoms with E-state index in [1.807, 2.05) is 6.07 Å². The van der Waals surface area contributed by atoms with Crippen LogP contribution in [0.4, 0.5) is 0 Å². The fraction of sp³-hybridized carbons (Fsp3) is 0.100. The summed E-state index contributed by atoms with van der Waals surface area (Å²) in [6.45, 7) is 0.0584. The van der Waals surface area contributed by atoms with Crippen LogP contribution >= 0.6 is 35.6 Å². The molecular weight excluding hydrogens is 446 g/mol. The molecule has 3 rings (SSSR count). The monoisotopic (exact) mass is 461 g/mol. The standard InChI is InChI=1S/C20H16ClN3O4S2/c21-14-7-3-1-5-12(14)11-16-19(28)24(20(29)30-16)10-9-17(26)22-23-18(27)13-6-2-4-8-15(13)25/h1-8,11,25H,9-10H2,(H,22,26)(H,23,27)/b16-11-. The van der Waals surface area contributed by atoms with E-state index < -0.39 is 11.8 Å². The molecule has 0 unspecified atom stereocenters. The number of carbonyl (C=O) groups excluding carboxylic acids is 3. The molecule has 0 saturated carbocycles. The van der Waals surface area contributed by atoms with E-state index in [2.05, 4.69) is 10.9 Å². The second kappa shape index (κ2) is 9.75. The Morgan fingerprint density at radius 3 is 2.57 bits per heavy atom. The molecule has 1 heterocycles. The Kier molecular flexibility index (Phi) is 7.09. The average molecular weight is 462 g/mol. The van der Waals surface area contributed by atoms with Gasteiger partial charge < -0.3 is 5.11 Å². The number of para-hydroxylation sites is 1. The predicted octanol–water partition coefficient (Wildman–Crippen LogP) is 3.10. The molecule has 10 heteroatoms. The third-order valence-electron chi connectivity index (χ3n) is 4.09. The van der Waals surface area contributed by atoms with Crippen LogP contribution in [0.5, 0.6) is 5.75 Å². The number of hydrogen-bond acceptors (Lipinski definition) is 6. The summed E-state index contributed by atoms with van der Waals surface area (Å²) in [6.07, 6.45) is 1.58. The first kappa shape index (κ1) is 21.8. The molecule has 0 spiro atoms. The van der Waals surface area contributed by atoms with Crippen LogP contribution in [0.15, 0.2) is 53.4 Å². The second-order valence-electron chi connectivity index (χ2n) is 6.12. The first-order valence-electron chi connectivity index (χ1n) is 8.74. The van der Waals surface area contributed by atoms with Gasteiger partial charge in [-0.3, -0.25) is 30.1 Å². The summed E-state index contributed by atoms with van der Waals surface area (Å²) in [5.74, 6) is -1.68. The summed E-state index contributed by atoms with van der Waals surface area (Å²) in [5, 5.41) is 10.2. The van der Waals surface area contributed by atoms with E-state index in [9.17, 15) is 19.5 Å². The van der Waals surface area contributed by atoms with Crippen LogP contribution in [-0.2, 0) is 9.59 Å². The van der Waals surface area contributed by atoms with E-state index in [1.54, 1.807) is 36.4 Å². The van der Waals surface area contributed by atoms with Crippen LogP contribution in [-0.4, -0.2) is 38.6 Å². The SMILES string of the molecule is O=C(CCN1C(=O)/C(=C/c2ccccc2Cl)SC1=S)NNC(=O)c1ccccc1O. The minimum atomic E-state index is -0.658. The Balaban J connectivity index is 1.54. The zero-order chi connectivity index (χ0) is 21.7. The van der Waals surface area contributed by atoms with Gasteiger partial charge in [0.05, 0.1) is 10.5 Å². The van der Waals surface area contributed by atoms with Crippen LogP contribution in [0.1, 0.15) is 22.3 Å². The van der Waals surface area contributed by atoms with Gasteiger partial charge in [0, 0.05) is 18.0 Å². The fourth-order valence-corrected chi connectivity index (χ4v) is 4.05. The molecule has 2 aromatic rings. The number of hydrogen-bond donors (Lipinski definition) is 3. The van der Waals surface area contributed by atoms with Crippen LogP contribution in [0, 0.1) is 0 Å². The summed E-state index contributed by atoms with van der Waals surface area (Å²) in [4.78, 5) is 38.4. The van der Waals surface area contributed by atoms with Crippen molar-refractivity contribution in [2.75, 3.05) is 6.54 Å². The first-order valence-corrected chi connectivity index (χ1v) is 10.3. The molecule has 30 heavy (non-hydrogen) atoms. The van der Waals surface area contributed by atoms with Gasteiger partial charge >= 0.3 is 0 Å². The lowest BCUT2D eigenvalue weighted by atomic mass is 10.2. The summed E-state index contributed by atoms with van der Waals surface area (Å²) < 4.78 is 0.337. The van der Waals surface area contributed by atoms with E-state index >= 15 is 0 Å². The molecule has 1 saturated heterocycles. The van der Waals surface area contributed by atoms with E-state index in [4.69, 9.17) is 23.8 Å². The molecule has 0 atom stereocenters. The van der Waals surface area contributed by atoms with Crippen molar-refractivity contribution in [3.63, 3.8) is 0 Å². The lowest BCUT2D eigenvalue weighted by Gasteiger charge is -2.14. The molecule has 1 aliphatic rings. The molecule has 2 aromatic carbocycles. The number of halogens is 1. The number of thiocarbonyl (C=S) groups is 1. The molecule has 7 nitrogen and oxygen atoms in total. The number of nitrogens with zero attached hydrogens (tertiary/aromatic N) is 1. The third-order valence-corrected chi connectivity index (χ3v) is 5.81. The number of hydrazine groups is 1. The Hall–Kier alpha value is -2.88. The Morgan fingerprint density at radius 1 is 1.13 bits per heavy atom. The van der Waals surface area contributed by atoms with E-state index in [-0.39, 0.29) is 30.2 Å². The highest BCUT2D eigenvalue weighted by Gasteiger charge is 2.32. The van der Waals surface area contributed by atoms with Gasteiger partial charge in [0.15, 0.2) is 0 Å². The fourth-order valence-electron chi connectivity index (χ4n) is 2.56. The van der Waals surface area contributed by atoms with Gasteiger partial charge in [-0.1, -0.05) is 65.9 Å². The topological polar surface area (TPSA) is 98.7 Å². The maximum absolute atomic E-state index is 12.6. The number of nitrogens with one attached hydrogen (secondary N) is 2.